The Morgan fingerprint density at radius 2 is 1.95 bits per heavy atom. The van der Waals surface area contributed by atoms with Crippen molar-refractivity contribution in [2.45, 2.75) is 24.2 Å². The largest absolute Gasteiger partial charge is 0.478 e. The molecule has 2 rings (SSSR count). The lowest BCUT2D eigenvalue weighted by Gasteiger charge is -2.26. The Balaban J connectivity index is 1.89. The number of amides is 1. The van der Waals surface area contributed by atoms with Crippen LogP contribution in [0.2, 0.25) is 0 Å². The number of hydrogen-bond donors (Lipinski definition) is 1. The van der Waals surface area contributed by atoms with Gasteiger partial charge in [-0.1, -0.05) is 6.07 Å². The third-order valence-corrected chi connectivity index (χ3v) is 4.13. The molecule has 5 heteroatoms. The molecule has 102 valence electrons. The number of piperidine rings is 1. The normalized spacial score (nSPS) is 15.3. The maximum atomic E-state index is 12.0. The van der Waals surface area contributed by atoms with Gasteiger partial charge in [0, 0.05) is 18.0 Å². The van der Waals surface area contributed by atoms with Crippen molar-refractivity contribution in [1.82, 2.24) is 4.90 Å². The van der Waals surface area contributed by atoms with Gasteiger partial charge in [-0.3, -0.25) is 4.79 Å². The van der Waals surface area contributed by atoms with E-state index in [9.17, 15) is 9.59 Å². The fourth-order valence-electron chi connectivity index (χ4n) is 2.10. The number of likely N-dealkylation sites (tertiary alicyclic amines) is 1. The number of rotatable bonds is 4. The van der Waals surface area contributed by atoms with E-state index in [1.165, 1.54) is 18.2 Å². The fourth-order valence-corrected chi connectivity index (χ4v) is 2.96. The van der Waals surface area contributed by atoms with Gasteiger partial charge < -0.3 is 10.0 Å². The molecule has 0 spiro atoms. The van der Waals surface area contributed by atoms with Crippen LogP contribution >= 0.6 is 11.8 Å². The average molecular weight is 279 g/mol. The Kier molecular flexibility index (Phi) is 4.85. The molecule has 19 heavy (non-hydrogen) atoms. The third kappa shape index (κ3) is 3.99. The van der Waals surface area contributed by atoms with Gasteiger partial charge in [-0.15, -0.1) is 11.8 Å². The van der Waals surface area contributed by atoms with Gasteiger partial charge in [-0.2, -0.15) is 0 Å². The summed E-state index contributed by atoms with van der Waals surface area (Å²) in [5.74, 6) is -0.418. The van der Waals surface area contributed by atoms with Crippen LogP contribution in [0.4, 0.5) is 0 Å². The van der Waals surface area contributed by atoms with Crippen LogP contribution in [-0.4, -0.2) is 40.7 Å². The van der Waals surface area contributed by atoms with Crippen LogP contribution in [-0.2, 0) is 4.79 Å². The first-order chi connectivity index (χ1) is 9.16. The number of thioether (sulfide) groups is 1. The van der Waals surface area contributed by atoms with Crippen molar-refractivity contribution in [3.05, 3.63) is 29.8 Å². The molecule has 1 amide bonds. The van der Waals surface area contributed by atoms with E-state index < -0.39 is 5.97 Å². The van der Waals surface area contributed by atoms with E-state index in [4.69, 9.17) is 5.11 Å². The molecule has 0 unspecified atom stereocenters. The molecule has 1 saturated heterocycles. The van der Waals surface area contributed by atoms with Crippen LogP contribution in [0.5, 0.6) is 0 Å². The molecular formula is C14H17NO3S. The molecule has 1 aromatic rings. The zero-order chi connectivity index (χ0) is 13.7. The van der Waals surface area contributed by atoms with E-state index in [0.29, 0.717) is 5.75 Å². The lowest BCUT2D eigenvalue weighted by Crippen LogP contribution is -2.36. The maximum Gasteiger partial charge on any atom is 0.335 e. The number of hydrogen-bond acceptors (Lipinski definition) is 3. The van der Waals surface area contributed by atoms with E-state index in [0.717, 1.165) is 30.8 Å². The van der Waals surface area contributed by atoms with E-state index in [1.807, 2.05) is 11.0 Å². The molecule has 0 radical (unpaired) electrons. The molecule has 1 fully saturated rings. The van der Waals surface area contributed by atoms with Crippen molar-refractivity contribution in [2.24, 2.45) is 0 Å². The zero-order valence-electron chi connectivity index (χ0n) is 10.7. The number of carboxylic acid groups (broad SMARTS) is 1. The second-order valence-electron chi connectivity index (χ2n) is 4.56. The first-order valence-electron chi connectivity index (χ1n) is 6.41. The number of carboxylic acids is 1. The number of nitrogens with zero attached hydrogens (tertiary/aromatic N) is 1. The second kappa shape index (κ2) is 6.61. The molecular weight excluding hydrogens is 262 g/mol. The topological polar surface area (TPSA) is 57.6 Å². The quantitative estimate of drug-likeness (QED) is 0.860. The Labute approximate surface area is 116 Å². The molecule has 1 heterocycles. The summed E-state index contributed by atoms with van der Waals surface area (Å²) >= 11 is 1.40. The van der Waals surface area contributed by atoms with Gasteiger partial charge in [-0.05, 0) is 37.5 Å². The molecule has 0 aromatic heterocycles. The molecule has 0 saturated carbocycles. The van der Waals surface area contributed by atoms with Gasteiger partial charge in [0.1, 0.15) is 0 Å². The van der Waals surface area contributed by atoms with Crippen LogP contribution in [0, 0.1) is 0 Å². The smallest absolute Gasteiger partial charge is 0.335 e. The van der Waals surface area contributed by atoms with E-state index in [1.54, 1.807) is 18.2 Å². The average Bonchev–Trinajstić information content (AvgIpc) is 2.46. The molecule has 0 aliphatic carbocycles. The lowest BCUT2D eigenvalue weighted by atomic mass is 10.1. The Morgan fingerprint density at radius 1 is 1.21 bits per heavy atom. The molecule has 0 bridgehead atoms. The van der Waals surface area contributed by atoms with Crippen LogP contribution < -0.4 is 0 Å². The summed E-state index contributed by atoms with van der Waals surface area (Å²) in [6.07, 6.45) is 3.38. The van der Waals surface area contributed by atoms with Crippen molar-refractivity contribution in [3.8, 4) is 0 Å². The summed E-state index contributed by atoms with van der Waals surface area (Å²) in [4.78, 5) is 25.6. The van der Waals surface area contributed by atoms with Crippen molar-refractivity contribution in [1.29, 1.82) is 0 Å². The summed E-state index contributed by atoms with van der Waals surface area (Å²) in [7, 11) is 0. The molecule has 1 aromatic carbocycles. The highest BCUT2D eigenvalue weighted by atomic mass is 32.2. The minimum atomic E-state index is -0.940. The minimum absolute atomic E-state index is 0.144. The van der Waals surface area contributed by atoms with Crippen molar-refractivity contribution < 1.29 is 14.7 Å². The van der Waals surface area contributed by atoms with E-state index >= 15 is 0 Å². The van der Waals surface area contributed by atoms with Crippen molar-refractivity contribution in [2.75, 3.05) is 18.8 Å². The molecule has 4 nitrogen and oxygen atoms in total. The highest BCUT2D eigenvalue weighted by Crippen LogP contribution is 2.20. The van der Waals surface area contributed by atoms with Crippen LogP contribution in [0.15, 0.2) is 29.2 Å². The van der Waals surface area contributed by atoms with Gasteiger partial charge in [0.05, 0.1) is 11.3 Å². The Hall–Kier alpha value is -1.49. The summed E-state index contributed by atoms with van der Waals surface area (Å²) in [6, 6.07) is 6.70. The Morgan fingerprint density at radius 3 is 2.63 bits per heavy atom. The standard InChI is InChI=1S/C14H17NO3S/c16-13(15-7-2-1-3-8-15)10-19-12-6-4-5-11(9-12)14(17)18/h4-6,9H,1-3,7-8,10H2,(H,17,18). The first kappa shape index (κ1) is 13.9. The summed E-state index contributed by atoms with van der Waals surface area (Å²) in [6.45, 7) is 1.71. The molecule has 1 aliphatic rings. The highest BCUT2D eigenvalue weighted by molar-refractivity contribution is 8.00. The van der Waals surface area contributed by atoms with Crippen molar-refractivity contribution in [3.63, 3.8) is 0 Å². The zero-order valence-corrected chi connectivity index (χ0v) is 11.5. The second-order valence-corrected chi connectivity index (χ2v) is 5.61. The van der Waals surface area contributed by atoms with E-state index in [-0.39, 0.29) is 11.5 Å². The lowest BCUT2D eigenvalue weighted by molar-refractivity contribution is -0.129. The van der Waals surface area contributed by atoms with Gasteiger partial charge in [0.2, 0.25) is 5.91 Å². The first-order valence-corrected chi connectivity index (χ1v) is 7.39. The van der Waals surface area contributed by atoms with Crippen molar-refractivity contribution >= 4 is 23.6 Å². The highest BCUT2D eigenvalue weighted by Gasteiger charge is 2.16. The summed E-state index contributed by atoms with van der Waals surface area (Å²) < 4.78 is 0. The number of carbonyl (C=O) groups excluding carboxylic acids is 1. The van der Waals surface area contributed by atoms with Gasteiger partial charge >= 0.3 is 5.97 Å². The fraction of sp³-hybridized carbons (Fsp3) is 0.429. The SMILES string of the molecule is O=C(O)c1cccc(SCC(=O)N2CCCCC2)c1. The van der Waals surface area contributed by atoms with Gasteiger partial charge in [0.25, 0.3) is 0 Å². The molecule has 0 atom stereocenters. The number of aromatic carboxylic acids is 1. The summed E-state index contributed by atoms with van der Waals surface area (Å²) in [5.41, 5.74) is 0.260. The summed E-state index contributed by atoms with van der Waals surface area (Å²) in [5, 5.41) is 8.91. The minimum Gasteiger partial charge on any atom is -0.478 e. The van der Waals surface area contributed by atoms with Crippen LogP contribution in [0.3, 0.4) is 0 Å². The third-order valence-electron chi connectivity index (χ3n) is 3.15. The van der Waals surface area contributed by atoms with Crippen LogP contribution in [0.25, 0.3) is 0 Å². The predicted octanol–water partition coefficient (Wildman–Crippen LogP) is 2.49. The number of benzene rings is 1. The molecule has 1 aliphatic heterocycles. The Bertz CT molecular complexity index is 470. The van der Waals surface area contributed by atoms with Gasteiger partial charge in [-0.25, -0.2) is 4.79 Å². The van der Waals surface area contributed by atoms with E-state index in [2.05, 4.69) is 0 Å². The molecule has 1 N–H and O–H groups in total. The predicted molar refractivity (Wildman–Crippen MR) is 74.6 cm³/mol. The maximum absolute atomic E-state index is 12.0. The number of carbonyl (C=O) groups is 2. The van der Waals surface area contributed by atoms with Gasteiger partial charge in [0.15, 0.2) is 0 Å². The monoisotopic (exact) mass is 279 g/mol. The van der Waals surface area contributed by atoms with Crippen LogP contribution in [0.1, 0.15) is 29.6 Å².